The summed E-state index contributed by atoms with van der Waals surface area (Å²) in [5.41, 5.74) is 9.04. The molecule has 2 N–H and O–H groups in total. The molecular weight excluding hydrogens is 190 g/mol. The molecule has 82 valence electrons. The first-order chi connectivity index (χ1) is 6.91. The van der Waals surface area contributed by atoms with Crippen LogP contribution in [0.4, 0.5) is 0 Å². The van der Waals surface area contributed by atoms with E-state index in [9.17, 15) is 0 Å². The molecule has 0 amide bonds. The van der Waals surface area contributed by atoms with Crippen molar-refractivity contribution in [3.05, 3.63) is 22.8 Å². The fourth-order valence-corrected chi connectivity index (χ4v) is 1.81. The Bertz CT molecular complexity index is 405. The molecule has 0 bridgehead atoms. The van der Waals surface area contributed by atoms with Gasteiger partial charge in [0.1, 0.15) is 0 Å². The largest absolute Gasteiger partial charge is 0.453 e. The normalized spacial score (nSPS) is 14.5. The molecule has 0 aliphatic carbocycles. The lowest BCUT2D eigenvalue weighted by molar-refractivity contribution is 0.172. The minimum Gasteiger partial charge on any atom is -0.453 e. The fourth-order valence-electron chi connectivity index (χ4n) is 1.81. The molecule has 1 heterocycles. The van der Waals surface area contributed by atoms with E-state index >= 15 is 0 Å². The van der Waals surface area contributed by atoms with Gasteiger partial charge in [-0.25, -0.2) is 0 Å². The number of aryl methyl sites for hydroxylation is 1. The highest BCUT2D eigenvalue weighted by Crippen LogP contribution is 2.43. The Morgan fingerprint density at radius 1 is 1.20 bits per heavy atom. The summed E-state index contributed by atoms with van der Waals surface area (Å²) >= 11 is 0. The van der Waals surface area contributed by atoms with Crippen LogP contribution in [-0.4, -0.2) is 6.79 Å². The lowest BCUT2D eigenvalue weighted by atomic mass is 9.91. The molecule has 1 aliphatic heterocycles. The zero-order chi connectivity index (χ0) is 11.2. The van der Waals surface area contributed by atoms with Crippen LogP contribution in [0.1, 0.15) is 30.5 Å². The van der Waals surface area contributed by atoms with Crippen molar-refractivity contribution in [2.24, 2.45) is 5.73 Å². The van der Waals surface area contributed by atoms with Crippen molar-refractivity contribution < 1.29 is 9.47 Å². The molecule has 3 heteroatoms. The number of hydrogen-bond acceptors (Lipinski definition) is 3. The number of nitrogens with two attached hydrogens (primary N) is 1. The SMILES string of the molecule is Cc1cc(C(C)(C)N)c2c(c1C)OCO2. The van der Waals surface area contributed by atoms with Gasteiger partial charge >= 0.3 is 0 Å². The molecule has 1 aliphatic rings. The molecule has 0 aromatic heterocycles. The Morgan fingerprint density at radius 2 is 1.80 bits per heavy atom. The van der Waals surface area contributed by atoms with Crippen molar-refractivity contribution in [2.75, 3.05) is 6.79 Å². The minimum atomic E-state index is -0.407. The van der Waals surface area contributed by atoms with Crippen molar-refractivity contribution >= 4 is 0 Å². The number of hydrogen-bond donors (Lipinski definition) is 1. The molecule has 0 spiro atoms. The first-order valence-corrected chi connectivity index (χ1v) is 5.10. The average Bonchev–Trinajstić information content (AvgIpc) is 2.57. The highest BCUT2D eigenvalue weighted by molar-refractivity contribution is 5.57. The van der Waals surface area contributed by atoms with E-state index in [1.165, 1.54) is 5.56 Å². The molecule has 1 aromatic carbocycles. The lowest BCUT2D eigenvalue weighted by Gasteiger charge is -2.22. The maximum absolute atomic E-state index is 6.11. The van der Waals surface area contributed by atoms with E-state index < -0.39 is 5.54 Å². The van der Waals surface area contributed by atoms with Gasteiger partial charge in [-0.2, -0.15) is 0 Å². The molecule has 15 heavy (non-hydrogen) atoms. The predicted octanol–water partition coefficient (Wildman–Crippen LogP) is 2.23. The van der Waals surface area contributed by atoms with Crippen LogP contribution in [0.3, 0.4) is 0 Å². The summed E-state index contributed by atoms with van der Waals surface area (Å²) < 4.78 is 11.0. The van der Waals surface area contributed by atoms with E-state index in [1.807, 2.05) is 20.8 Å². The third-order valence-electron chi connectivity index (χ3n) is 2.84. The Morgan fingerprint density at radius 3 is 2.40 bits per heavy atom. The van der Waals surface area contributed by atoms with E-state index in [-0.39, 0.29) is 0 Å². The summed E-state index contributed by atoms with van der Waals surface area (Å²) in [5, 5.41) is 0. The van der Waals surface area contributed by atoms with Gasteiger partial charge in [0.25, 0.3) is 0 Å². The summed E-state index contributed by atoms with van der Waals surface area (Å²) in [6.45, 7) is 8.34. The summed E-state index contributed by atoms with van der Waals surface area (Å²) in [4.78, 5) is 0. The van der Waals surface area contributed by atoms with Gasteiger partial charge in [0.05, 0.1) is 0 Å². The number of rotatable bonds is 1. The van der Waals surface area contributed by atoms with E-state index in [2.05, 4.69) is 13.0 Å². The Labute approximate surface area is 90.2 Å². The van der Waals surface area contributed by atoms with Gasteiger partial charge in [0, 0.05) is 11.1 Å². The van der Waals surface area contributed by atoms with Crippen LogP contribution in [0.5, 0.6) is 11.5 Å². The average molecular weight is 207 g/mol. The van der Waals surface area contributed by atoms with Gasteiger partial charge in [-0.15, -0.1) is 0 Å². The van der Waals surface area contributed by atoms with Gasteiger partial charge in [0.15, 0.2) is 11.5 Å². The van der Waals surface area contributed by atoms with Crippen molar-refractivity contribution in [3.8, 4) is 11.5 Å². The smallest absolute Gasteiger partial charge is 0.231 e. The van der Waals surface area contributed by atoms with Crippen LogP contribution in [0.15, 0.2) is 6.07 Å². The summed E-state index contributed by atoms with van der Waals surface area (Å²) in [6, 6.07) is 2.09. The monoisotopic (exact) mass is 207 g/mol. The predicted molar refractivity (Wildman–Crippen MR) is 59.3 cm³/mol. The van der Waals surface area contributed by atoms with Crippen molar-refractivity contribution in [1.82, 2.24) is 0 Å². The second-order valence-corrected chi connectivity index (χ2v) is 4.65. The molecule has 0 radical (unpaired) electrons. The second kappa shape index (κ2) is 3.14. The van der Waals surface area contributed by atoms with E-state index in [0.29, 0.717) is 6.79 Å². The van der Waals surface area contributed by atoms with Crippen LogP contribution >= 0.6 is 0 Å². The molecule has 0 saturated heterocycles. The standard InChI is InChI=1S/C12H17NO2/c1-7-5-9(12(3,4)13)11-10(8(7)2)14-6-15-11/h5H,6,13H2,1-4H3. The van der Waals surface area contributed by atoms with Gasteiger partial charge in [-0.1, -0.05) is 6.07 Å². The van der Waals surface area contributed by atoms with Gasteiger partial charge < -0.3 is 15.2 Å². The van der Waals surface area contributed by atoms with Gasteiger partial charge in [-0.3, -0.25) is 0 Å². The van der Waals surface area contributed by atoms with E-state index in [0.717, 1.165) is 22.6 Å². The van der Waals surface area contributed by atoms with Gasteiger partial charge in [0.2, 0.25) is 6.79 Å². The van der Waals surface area contributed by atoms with E-state index in [4.69, 9.17) is 15.2 Å². The number of fused-ring (bicyclic) bond motifs is 1. The molecule has 0 unspecified atom stereocenters. The zero-order valence-electron chi connectivity index (χ0n) is 9.68. The maximum atomic E-state index is 6.11. The van der Waals surface area contributed by atoms with Crippen LogP contribution in [-0.2, 0) is 5.54 Å². The molecule has 0 saturated carbocycles. The fraction of sp³-hybridized carbons (Fsp3) is 0.500. The maximum Gasteiger partial charge on any atom is 0.231 e. The second-order valence-electron chi connectivity index (χ2n) is 4.65. The molecule has 0 atom stereocenters. The van der Waals surface area contributed by atoms with Crippen molar-refractivity contribution in [3.63, 3.8) is 0 Å². The first-order valence-electron chi connectivity index (χ1n) is 5.10. The lowest BCUT2D eigenvalue weighted by Crippen LogP contribution is -2.29. The molecular formula is C12H17NO2. The third-order valence-corrected chi connectivity index (χ3v) is 2.84. The van der Waals surface area contributed by atoms with Gasteiger partial charge in [-0.05, 0) is 38.8 Å². The van der Waals surface area contributed by atoms with Crippen molar-refractivity contribution in [1.29, 1.82) is 0 Å². The summed E-state index contributed by atoms with van der Waals surface area (Å²) in [6.07, 6.45) is 0. The topological polar surface area (TPSA) is 44.5 Å². The van der Waals surface area contributed by atoms with Crippen LogP contribution in [0.2, 0.25) is 0 Å². The van der Waals surface area contributed by atoms with E-state index in [1.54, 1.807) is 0 Å². The Hall–Kier alpha value is -1.22. The zero-order valence-corrected chi connectivity index (χ0v) is 9.68. The molecule has 2 rings (SSSR count). The van der Waals surface area contributed by atoms with Crippen LogP contribution in [0, 0.1) is 13.8 Å². The summed E-state index contributed by atoms with van der Waals surface area (Å²) in [5.74, 6) is 1.66. The molecule has 0 fully saturated rings. The Kier molecular flexibility index (Phi) is 2.15. The quantitative estimate of drug-likeness (QED) is 0.768. The molecule has 3 nitrogen and oxygen atoms in total. The third kappa shape index (κ3) is 1.57. The highest BCUT2D eigenvalue weighted by Gasteiger charge is 2.28. The van der Waals surface area contributed by atoms with Crippen LogP contribution < -0.4 is 15.2 Å². The minimum absolute atomic E-state index is 0.294. The van der Waals surface area contributed by atoms with Crippen LogP contribution in [0.25, 0.3) is 0 Å². The number of benzene rings is 1. The number of ether oxygens (including phenoxy) is 2. The highest BCUT2D eigenvalue weighted by atomic mass is 16.7. The first kappa shape index (κ1) is 10.3. The molecule has 1 aromatic rings. The summed E-state index contributed by atoms with van der Waals surface area (Å²) in [7, 11) is 0. The van der Waals surface area contributed by atoms with Crippen molar-refractivity contribution in [2.45, 2.75) is 33.2 Å². The Balaban J connectivity index is 2.68.